The van der Waals surface area contributed by atoms with E-state index in [4.69, 9.17) is 9.47 Å². The Hall–Kier alpha value is -3.55. The monoisotopic (exact) mass is 413 g/mol. The van der Waals surface area contributed by atoms with Crippen molar-refractivity contribution in [2.45, 2.75) is 20.8 Å². The Kier molecular flexibility index (Phi) is 8.68. The molecule has 0 unspecified atom stereocenters. The topological polar surface area (TPSA) is 106 Å². The highest BCUT2D eigenvalue weighted by Crippen LogP contribution is 2.29. The molecule has 0 atom stereocenters. The normalized spacial score (nSPS) is 10.1. The van der Waals surface area contributed by atoms with Crippen LogP contribution in [0, 0.1) is 0 Å². The van der Waals surface area contributed by atoms with Crippen LogP contribution in [0.4, 0.5) is 5.69 Å². The van der Waals surface area contributed by atoms with Crippen molar-refractivity contribution < 1.29 is 23.9 Å². The van der Waals surface area contributed by atoms with Gasteiger partial charge < -0.3 is 25.4 Å². The summed E-state index contributed by atoms with van der Waals surface area (Å²) in [7, 11) is 0. The van der Waals surface area contributed by atoms with Crippen LogP contribution in [-0.2, 0) is 4.79 Å². The second-order valence-electron chi connectivity index (χ2n) is 6.30. The van der Waals surface area contributed by atoms with Crippen LogP contribution in [0.25, 0.3) is 0 Å². The summed E-state index contributed by atoms with van der Waals surface area (Å²) in [5, 5.41) is 8.11. The van der Waals surface area contributed by atoms with Gasteiger partial charge in [-0.25, -0.2) is 0 Å². The van der Waals surface area contributed by atoms with Crippen LogP contribution >= 0.6 is 0 Å². The van der Waals surface area contributed by atoms with Crippen LogP contribution in [0.15, 0.2) is 42.5 Å². The molecule has 2 aromatic carbocycles. The number of ether oxygens (including phenoxy) is 2. The van der Waals surface area contributed by atoms with Crippen LogP contribution in [-0.4, -0.2) is 44.0 Å². The van der Waals surface area contributed by atoms with Gasteiger partial charge in [-0.3, -0.25) is 14.4 Å². The number of benzene rings is 2. The first-order valence-corrected chi connectivity index (χ1v) is 9.78. The quantitative estimate of drug-likeness (QED) is 0.519. The van der Waals surface area contributed by atoms with Crippen molar-refractivity contribution in [3.8, 4) is 11.5 Å². The summed E-state index contributed by atoms with van der Waals surface area (Å²) >= 11 is 0. The Morgan fingerprint density at radius 3 is 2.00 bits per heavy atom. The molecule has 0 aliphatic carbocycles. The summed E-state index contributed by atoms with van der Waals surface area (Å²) in [5.41, 5.74) is 1.44. The highest BCUT2D eigenvalue weighted by molar-refractivity contribution is 6.05. The molecule has 8 heteroatoms. The van der Waals surface area contributed by atoms with Crippen molar-refractivity contribution >= 4 is 23.4 Å². The number of hydrogen-bond donors (Lipinski definition) is 3. The highest BCUT2D eigenvalue weighted by Gasteiger charge is 2.12. The van der Waals surface area contributed by atoms with Gasteiger partial charge in [0.25, 0.3) is 11.8 Å². The maximum Gasteiger partial charge on any atom is 0.255 e. The van der Waals surface area contributed by atoms with Crippen LogP contribution in [0.1, 0.15) is 41.5 Å². The number of rotatable bonds is 10. The number of nitrogens with one attached hydrogen (secondary N) is 3. The Morgan fingerprint density at radius 1 is 0.767 bits per heavy atom. The highest BCUT2D eigenvalue weighted by atomic mass is 16.5. The van der Waals surface area contributed by atoms with Gasteiger partial charge in [-0.2, -0.15) is 0 Å². The van der Waals surface area contributed by atoms with Crippen LogP contribution in [0.2, 0.25) is 0 Å². The van der Waals surface area contributed by atoms with E-state index in [1.54, 1.807) is 42.5 Å². The molecule has 0 spiro atoms. The van der Waals surface area contributed by atoms with E-state index in [9.17, 15) is 14.4 Å². The SMILES string of the molecule is CCOc1ccc(C(=O)Nc2ccc(C(=O)NCCNC(C)=O)cc2)cc1OCC. The van der Waals surface area contributed by atoms with E-state index >= 15 is 0 Å². The van der Waals surface area contributed by atoms with E-state index in [1.165, 1.54) is 6.92 Å². The first kappa shape index (κ1) is 22.7. The first-order valence-electron chi connectivity index (χ1n) is 9.78. The molecule has 0 fully saturated rings. The molecule has 0 saturated carbocycles. The minimum absolute atomic E-state index is 0.148. The molecular formula is C22H27N3O5. The van der Waals surface area contributed by atoms with E-state index < -0.39 is 0 Å². The third kappa shape index (κ3) is 6.80. The summed E-state index contributed by atoms with van der Waals surface area (Å²) in [4.78, 5) is 35.5. The molecular weight excluding hydrogens is 386 g/mol. The number of hydrogen-bond acceptors (Lipinski definition) is 5. The summed E-state index contributed by atoms with van der Waals surface area (Å²) in [5.74, 6) is 0.394. The van der Waals surface area contributed by atoms with E-state index in [0.29, 0.717) is 54.6 Å². The molecule has 2 aromatic rings. The predicted molar refractivity (Wildman–Crippen MR) is 114 cm³/mol. The first-order chi connectivity index (χ1) is 14.4. The maximum absolute atomic E-state index is 12.6. The number of carbonyl (C=O) groups excluding carboxylic acids is 3. The lowest BCUT2D eigenvalue weighted by atomic mass is 10.1. The van der Waals surface area contributed by atoms with Gasteiger partial charge in [-0.1, -0.05) is 0 Å². The fourth-order valence-electron chi connectivity index (χ4n) is 2.62. The van der Waals surface area contributed by atoms with E-state index in [1.807, 2.05) is 13.8 Å². The fourth-order valence-corrected chi connectivity index (χ4v) is 2.62. The summed E-state index contributed by atoms with van der Waals surface area (Å²) in [6.45, 7) is 6.80. The molecule has 0 bridgehead atoms. The lowest BCUT2D eigenvalue weighted by molar-refractivity contribution is -0.118. The van der Waals surface area contributed by atoms with Crippen molar-refractivity contribution in [3.05, 3.63) is 53.6 Å². The van der Waals surface area contributed by atoms with Crippen molar-refractivity contribution in [1.29, 1.82) is 0 Å². The molecule has 160 valence electrons. The molecule has 30 heavy (non-hydrogen) atoms. The number of anilines is 1. The van der Waals surface area contributed by atoms with Gasteiger partial charge in [0, 0.05) is 36.8 Å². The van der Waals surface area contributed by atoms with Crippen LogP contribution in [0.5, 0.6) is 11.5 Å². The molecule has 3 N–H and O–H groups in total. The van der Waals surface area contributed by atoms with Gasteiger partial charge >= 0.3 is 0 Å². The largest absolute Gasteiger partial charge is 0.490 e. The minimum Gasteiger partial charge on any atom is -0.490 e. The van der Waals surface area contributed by atoms with Crippen LogP contribution in [0.3, 0.4) is 0 Å². The van der Waals surface area contributed by atoms with Gasteiger partial charge in [-0.15, -0.1) is 0 Å². The number of amides is 3. The van der Waals surface area contributed by atoms with Gasteiger partial charge in [0.2, 0.25) is 5.91 Å². The van der Waals surface area contributed by atoms with Crippen molar-refractivity contribution in [3.63, 3.8) is 0 Å². The summed E-state index contributed by atoms with van der Waals surface area (Å²) in [6, 6.07) is 11.6. The third-order valence-corrected chi connectivity index (χ3v) is 4.00. The van der Waals surface area contributed by atoms with Crippen molar-refractivity contribution in [2.75, 3.05) is 31.6 Å². The minimum atomic E-state index is -0.300. The molecule has 0 aliphatic heterocycles. The molecule has 2 rings (SSSR count). The zero-order valence-corrected chi connectivity index (χ0v) is 17.4. The van der Waals surface area contributed by atoms with Crippen molar-refractivity contribution in [1.82, 2.24) is 10.6 Å². The smallest absolute Gasteiger partial charge is 0.255 e. The third-order valence-electron chi connectivity index (χ3n) is 4.00. The number of carbonyl (C=O) groups is 3. The molecule has 8 nitrogen and oxygen atoms in total. The van der Waals surface area contributed by atoms with Crippen molar-refractivity contribution in [2.24, 2.45) is 0 Å². The summed E-state index contributed by atoms with van der Waals surface area (Å²) in [6.07, 6.45) is 0. The predicted octanol–water partition coefficient (Wildman–Crippen LogP) is 2.60. The fraction of sp³-hybridized carbons (Fsp3) is 0.318. The Bertz CT molecular complexity index is 881. The van der Waals surface area contributed by atoms with E-state index in [-0.39, 0.29) is 17.7 Å². The lowest BCUT2D eigenvalue weighted by Gasteiger charge is -2.12. The molecule has 0 aromatic heterocycles. The molecule has 0 aliphatic rings. The Balaban J connectivity index is 1.98. The van der Waals surface area contributed by atoms with Crippen LogP contribution < -0.4 is 25.4 Å². The lowest BCUT2D eigenvalue weighted by Crippen LogP contribution is -2.33. The average molecular weight is 413 g/mol. The second kappa shape index (κ2) is 11.5. The Labute approximate surface area is 175 Å². The second-order valence-corrected chi connectivity index (χ2v) is 6.30. The molecule has 0 saturated heterocycles. The Morgan fingerprint density at radius 2 is 1.37 bits per heavy atom. The molecule has 0 radical (unpaired) electrons. The zero-order chi connectivity index (χ0) is 21.9. The molecule has 0 heterocycles. The van der Waals surface area contributed by atoms with Gasteiger partial charge in [0.05, 0.1) is 13.2 Å². The zero-order valence-electron chi connectivity index (χ0n) is 17.4. The maximum atomic E-state index is 12.6. The average Bonchev–Trinajstić information content (AvgIpc) is 2.73. The van der Waals surface area contributed by atoms with Gasteiger partial charge in [0.1, 0.15) is 0 Å². The molecule has 3 amide bonds. The standard InChI is InChI=1S/C22H27N3O5/c1-4-29-19-11-8-17(14-20(19)30-5-2)22(28)25-18-9-6-16(7-10-18)21(27)24-13-12-23-15(3)26/h6-11,14H,4-5,12-13H2,1-3H3,(H,23,26)(H,24,27)(H,25,28). The van der Waals surface area contributed by atoms with Gasteiger partial charge in [-0.05, 0) is 56.3 Å². The van der Waals surface area contributed by atoms with Gasteiger partial charge in [0.15, 0.2) is 11.5 Å². The van der Waals surface area contributed by atoms with E-state index in [2.05, 4.69) is 16.0 Å². The summed E-state index contributed by atoms with van der Waals surface area (Å²) < 4.78 is 11.1. The van der Waals surface area contributed by atoms with E-state index in [0.717, 1.165) is 0 Å².